The second-order valence-electron chi connectivity index (χ2n) is 10.9. The van der Waals surface area contributed by atoms with Crippen LogP contribution >= 0.6 is 0 Å². The molecule has 0 aliphatic heterocycles. The molecular weight excluding hydrogens is 394 g/mol. The summed E-state index contributed by atoms with van der Waals surface area (Å²) in [4.78, 5) is 23.8. The first kappa shape index (κ1) is 26.9. The van der Waals surface area contributed by atoms with Crippen LogP contribution in [0.1, 0.15) is 117 Å². The standard InChI is InChI=1S/C25H41NO5/c1-9-11-25(12-10-2,26(30)31)16-18(15-21(27)28)17-13-19(23(3,4)5)22(29)20(14-17)24(6,7)8/h13-14,18,29H,9-12,15-16H2,1-8H3,(H,27,28). The Morgan fingerprint density at radius 3 is 1.71 bits per heavy atom. The quantitative estimate of drug-likeness (QED) is 0.320. The molecule has 1 atom stereocenters. The van der Waals surface area contributed by atoms with Gasteiger partial charge in [-0.15, -0.1) is 0 Å². The third-order valence-electron chi connectivity index (χ3n) is 6.09. The number of hydrogen-bond acceptors (Lipinski definition) is 4. The monoisotopic (exact) mass is 435 g/mol. The summed E-state index contributed by atoms with van der Waals surface area (Å²) in [6.45, 7) is 15.9. The molecule has 0 saturated carbocycles. The van der Waals surface area contributed by atoms with Crippen LogP contribution in [0, 0.1) is 10.1 Å². The fraction of sp³-hybridized carbons (Fsp3) is 0.720. The fourth-order valence-corrected chi connectivity index (χ4v) is 4.53. The van der Waals surface area contributed by atoms with Gasteiger partial charge in [-0.25, -0.2) is 0 Å². The summed E-state index contributed by atoms with van der Waals surface area (Å²) >= 11 is 0. The number of phenols is 1. The lowest BCUT2D eigenvalue weighted by atomic mass is 9.73. The largest absolute Gasteiger partial charge is 0.507 e. The summed E-state index contributed by atoms with van der Waals surface area (Å²) in [6.07, 6.45) is 2.15. The van der Waals surface area contributed by atoms with E-state index in [1.165, 1.54) is 0 Å². The van der Waals surface area contributed by atoms with Crippen LogP contribution in [0.15, 0.2) is 12.1 Å². The highest BCUT2D eigenvalue weighted by molar-refractivity contribution is 5.68. The van der Waals surface area contributed by atoms with Crippen molar-refractivity contribution in [3.05, 3.63) is 38.9 Å². The molecular formula is C25H41NO5. The lowest BCUT2D eigenvalue weighted by Gasteiger charge is -2.32. The van der Waals surface area contributed by atoms with Gasteiger partial charge in [-0.3, -0.25) is 14.9 Å². The van der Waals surface area contributed by atoms with Crippen LogP contribution in [-0.4, -0.2) is 26.6 Å². The molecule has 0 heterocycles. The first-order valence-corrected chi connectivity index (χ1v) is 11.3. The molecule has 0 aliphatic rings. The van der Waals surface area contributed by atoms with Crippen LogP contribution in [0.4, 0.5) is 0 Å². The highest BCUT2D eigenvalue weighted by atomic mass is 16.6. The lowest BCUT2D eigenvalue weighted by molar-refractivity contribution is -0.574. The Labute approximate surface area is 187 Å². The van der Waals surface area contributed by atoms with E-state index in [4.69, 9.17) is 0 Å². The van der Waals surface area contributed by atoms with Gasteiger partial charge in [0.1, 0.15) is 5.75 Å². The molecule has 0 saturated heterocycles. The molecule has 0 radical (unpaired) electrons. The Morgan fingerprint density at radius 1 is 1.00 bits per heavy atom. The van der Waals surface area contributed by atoms with Crippen molar-refractivity contribution in [2.24, 2.45) is 0 Å². The molecule has 1 rings (SSSR count). The highest BCUT2D eigenvalue weighted by Crippen LogP contribution is 2.44. The molecule has 0 aliphatic carbocycles. The minimum atomic E-state index is -1.15. The molecule has 1 unspecified atom stereocenters. The Kier molecular flexibility index (Phi) is 8.69. The van der Waals surface area contributed by atoms with E-state index in [1.54, 1.807) is 0 Å². The zero-order valence-electron chi connectivity index (χ0n) is 20.5. The van der Waals surface area contributed by atoms with Gasteiger partial charge in [-0.2, -0.15) is 0 Å². The number of nitro groups is 1. The number of benzene rings is 1. The maximum absolute atomic E-state index is 12.2. The fourth-order valence-electron chi connectivity index (χ4n) is 4.53. The molecule has 6 heteroatoms. The topological polar surface area (TPSA) is 101 Å². The van der Waals surface area contributed by atoms with Crippen molar-refractivity contribution in [1.29, 1.82) is 0 Å². The van der Waals surface area contributed by atoms with E-state index in [9.17, 15) is 25.1 Å². The molecule has 0 spiro atoms. The van der Waals surface area contributed by atoms with Gasteiger partial charge in [-0.05, 0) is 40.4 Å². The van der Waals surface area contributed by atoms with Crippen LogP contribution in [0.25, 0.3) is 0 Å². The van der Waals surface area contributed by atoms with Crippen LogP contribution in [0.5, 0.6) is 5.75 Å². The van der Waals surface area contributed by atoms with Gasteiger partial charge in [0.15, 0.2) is 0 Å². The van der Waals surface area contributed by atoms with E-state index in [0.29, 0.717) is 25.7 Å². The predicted molar refractivity (Wildman–Crippen MR) is 125 cm³/mol. The summed E-state index contributed by atoms with van der Waals surface area (Å²) in [5.74, 6) is -1.26. The third-order valence-corrected chi connectivity index (χ3v) is 6.09. The van der Waals surface area contributed by atoms with Gasteiger partial charge < -0.3 is 10.2 Å². The Morgan fingerprint density at radius 2 is 1.42 bits per heavy atom. The van der Waals surface area contributed by atoms with Gasteiger partial charge in [0.05, 0.1) is 6.42 Å². The number of nitrogens with zero attached hydrogens (tertiary/aromatic N) is 1. The van der Waals surface area contributed by atoms with Crippen LogP contribution in [-0.2, 0) is 15.6 Å². The average molecular weight is 436 g/mol. The third kappa shape index (κ3) is 6.68. The average Bonchev–Trinajstić information content (AvgIpc) is 2.59. The first-order valence-electron chi connectivity index (χ1n) is 11.3. The summed E-state index contributed by atoms with van der Waals surface area (Å²) in [5, 5.41) is 32.8. The van der Waals surface area contributed by atoms with Crippen molar-refractivity contribution >= 4 is 5.97 Å². The van der Waals surface area contributed by atoms with Gasteiger partial charge in [0.2, 0.25) is 5.54 Å². The Hall–Kier alpha value is -2.11. The zero-order chi connectivity index (χ0) is 24.2. The van der Waals surface area contributed by atoms with E-state index >= 15 is 0 Å². The second kappa shape index (κ2) is 10.0. The summed E-state index contributed by atoms with van der Waals surface area (Å²) in [5.41, 5.74) is 0.368. The normalized spacial score (nSPS) is 13.8. The molecule has 6 nitrogen and oxygen atoms in total. The van der Waals surface area contributed by atoms with Gasteiger partial charge in [-0.1, -0.05) is 67.5 Å². The Balaban J connectivity index is 3.75. The SMILES string of the molecule is CCCC(CCC)(CC(CC(=O)O)c1cc(C(C)(C)C)c(O)c(C(C)(C)C)c1)[N+](=O)[O-]. The van der Waals surface area contributed by atoms with Crippen molar-refractivity contribution in [3.8, 4) is 5.75 Å². The lowest BCUT2D eigenvalue weighted by Crippen LogP contribution is -2.40. The van der Waals surface area contributed by atoms with Crippen molar-refractivity contribution in [1.82, 2.24) is 0 Å². The van der Waals surface area contributed by atoms with Crippen molar-refractivity contribution in [2.45, 2.75) is 116 Å². The molecule has 0 amide bonds. The minimum Gasteiger partial charge on any atom is -0.507 e. The van der Waals surface area contributed by atoms with Crippen LogP contribution < -0.4 is 0 Å². The van der Waals surface area contributed by atoms with Crippen molar-refractivity contribution < 1.29 is 19.9 Å². The molecule has 0 fully saturated rings. The number of phenolic OH excluding ortho intramolecular Hbond substituents is 1. The molecule has 2 N–H and O–H groups in total. The van der Waals surface area contributed by atoms with Gasteiger partial charge in [0.25, 0.3) is 0 Å². The zero-order valence-corrected chi connectivity index (χ0v) is 20.5. The number of aromatic hydroxyl groups is 1. The second-order valence-corrected chi connectivity index (χ2v) is 10.9. The maximum Gasteiger partial charge on any atom is 0.303 e. The highest BCUT2D eigenvalue weighted by Gasteiger charge is 2.44. The van der Waals surface area contributed by atoms with E-state index in [2.05, 4.69) is 0 Å². The van der Waals surface area contributed by atoms with E-state index in [1.807, 2.05) is 67.5 Å². The first-order chi connectivity index (χ1) is 14.1. The smallest absolute Gasteiger partial charge is 0.303 e. The van der Waals surface area contributed by atoms with E-state index in [-0.39, 0.29) is 34.3 Å². The van der Waals surface area contributed by atoms with Crippen molar-refractivity contribution in [3.63, 3.8) is 0 Å². The molecule has 176 valence electrons. The van der Waals surface area contributed by atoms with Crippen molar-refractivity contribution in [2.75, 3.05) is 0 Å². The molecule has 1 aromatic rings. The summed E-state index contributed by atoms with van der Waals surface area (Å²) in [7, 11) is 0. The van der Waals surface area contributed by atoms with Crippen LogP contribution in [0.2, 0.25) is 0 Å². The Bertz CT molecular complexity index is 745. The maximum atomic E-state index is 12.2. The minimum absolute atomic E-state index is 0.173. The molecule has 0 aromatic heterocycles. The number of aliphatic carboxylic acids is 1. The molecule has 31 heavy (non-hydrogen) atoms. The van der Waals surface area contributed by atoms with E-state index < -0.39 is 17.4 Å². The predicted octanol–water partition coefficient (Wildman–Crippen LogP) is 6.55. The van der Waals surface area contributed by atoms with Gasteiger partial charge >= 0.3 is 5.97 Å². The number of carbonyl (C=O) groups is 1. The van der Waals surface area contributed by atoms with Crippen LogP contribution in [0.3, 0.4) is 0 Å². The summed E-state index contributed by atoms with van der Waals surface area (Å²) < 4.78 is 0. The molecule has 1 aromatic carbocycles. The number of carboxylic acid groups (broad SMARTS) is 1. The number of rotatable bonds is 10. The summed E-state index contributed by atoms with van der Waals surface area (Å²) in [6, 6.07) is 3.72. The number of carboxylic acids is 1. The van der Waals surface area contributed by atoms with Gasteiger partial charge in [0, 0.05) is 30.1 Å². The number of hydrogen-bond donors (Lipinski definition) is 2. The van der Waals surface area contributed by atoms with E-state index in [0.717, 1.165) is 16.7 Å². The molecule has 0 bridgehead atoms.